The topological polar surface area (TPSA) is 103 Å². The van der Waals surface area contributed by atoms with E-state index >= 15 is 0 Å². The van der Waals surface area contributed by atoms with Crippen molar-refractivity contribution in [3.8, 4) is 0 Å². The average molecular weight is 551 g/mol. The third kappa shape index (κ3) is 6.09. The molecule has 2 amide bonds. The molecule has 2 aromatic rings. The van der Waals surface area contributed by atoms with Crippen LogP contribution >= 0.6 is 0 Å². The Balaban J connectivity index is 1.21. The fourth-order valence-electron chi connectivity index (χ4n) is 6.12. The molecule has 1 aromatic carbocycles. The normalized spacial score (nSPS) is 20.0. The number of rotatable bonds is 7. The molecule has 0 aliphatic carbocycles. The molecule has 9 nitrogen and oxygen atoms in total. The second-order valence-electron chi connectivity index (χ2n) is 12.0. The van der Waals surface area contributed by atoms with Gasteiger partial charge in [-0.3, -0.25) is 14.3 Å². The number of nitrogens with zero attached hydrogens (tertiary/aromatic N) is 3. The summed E-state index contributed by atoms with van der Waals surface area (Å²) in [5.74, 6) is 0.214. The third-order valence-corrected chi connectivity index (χ3v) is 8.83. The van der Waals surface area contributed by atoms with E-state index in [2.05, 4.69) is 12.2 Å². The van der Waals surface area contributed by atoms with Crippen molar-refractivity contribution in [2.75, 3.05) is 39.5 Å². The maximum absolute atomic E-state index is 13.1. The highest BCUT2D eigenvalue weighted by Gasteiger charge is 2.39. The van der Waals surface area contributed by atoms with Crippen molar-refractivity contribution in [1.82, 2.24) is 20.0 Å². The number of amides is 2. The van der Waals surface area contributed by atoms with E-state index in [4.69, 9.17) is 14.6 Å². The highest BCUT2D eigenvalue weighted by molar-refractivity contribution is 5.97. The SMILES string of the molecule is CCc1nn(C[C@@H](C)COC(=O)c2ccc(C(=O)N3CCC(C)CC3)cc2)c2c1C(=O)NCC1(CCOCC1)C2. The summed E-state index contributed by atoms with van der Waals surface area (Å²) in [7, 11) is 0. The largest absolute Gasteiger partial charge is 0.462 e. The zero-order valence-electron chi connectivity index (χ0n) is 24.0. The molecular formula is C31H42N4O5. The minimum Gasteiger partial charge on any atom is -0.462 e. The van der Waals surface area contributed by atoms with E-state index in [1.54, 1.807) is 24.3 Å². The first kappa shape index (κ1) is 28.3. The lowest BCUT2D eigenvalue weighted by Crippen LogP contribution is -2.41. The Bertz CT molecular complexity index is 1220. The predicted molar refractivity (Wildman–Crippen MR) is 150 cm³/mol. The molecule has 0 saturated carbocycles. The Hall–Kier alpha value is -3.20. The number of piperidine rings is 1. The van der Waals surface area contributed by atoms with Crippen molar-refractivity contribution in [2.24, 2.45) is 17.3 Å². The van der Waals surface area contributed by atoms with Crippen LogP contribution in [0.3, 0.4) is 0 Å². The molecule has 0 bridgehead atoms. The molecule has 3 aliphatic rings. The van der Waals surface area contributed by atoms with Gasteiger partial charge in [0, 0.05) is 50.9 Å². The minimum atomic E-state index is -0.410. The van der Waals surface area contributed by atoms with Gasteiger partial charge in [-0.25, -0.2) is 4.79 Å². The molecule has 216 valence electrons. The van der Waals surface area contributed by atoms with Gasteiger partial charge in [-0.2, -0.15) is 5.10 Å². The Kier molecular flexibility index (Phi) is 8.59. The van der Waals surface area contributed by atoms with E-state index in [1.165, 1.54) is 0 Å². The number of hydrogen-bond acceptors (Lipinski definition) is 6. The summed E-state index contributed by atoms with van der Waals surface area (Å²) in [6.45, 7) is 10.7. The van der Waals surface area contributed by atoms with Gasteiger partial charge in [-0.1, -0.05) is 20.8 Å². The molecule has 1 spiro atoms. The highest BCUT2D eigenvalue weighted by atomic mass is 16.5. The second-order valence-corrected chi connectivity index (χ2v) is 12.0. The predicted octanol–water partition coefficient (Wildman–Crippen LogP) is 3.89. The van der Waals surface area contributed by atoms with Crippen molar-refractivity contribution in [1.29, 1.82) is 0 Å². The van der Waals surface area contributed by atoms with Crippen LogP contribution in [0.4, 0.5) is 0 Å². The Labute approximate surface area is 236 Å². The quantitative estimate of drug-likeness (QED) is 0.525. The smallest absolute Gasteiger partial charge is 0.338 e. The summed E-state index contributed by atoms with van der Waals surface area (Å²) in [4.78, 5) is 40.6. The molecule has 4 heterocycles. The van der Waals surface area contributed by atoms with E-state index in [0.717, 1.165) is 56.6 Å². The van der Waals surface area contributed by atoms with E-state index < -0.39 is 5.97 Å². The van der Waals surface area contributed by atoms with Crippen molar-refractivity contribution in [3.05, 3.63) is 52.3 Å². The number of fused-ring (bicyclic) bond motifs is 1. The summed E-state index contributed by atoms with van der Waals surface area (Å²) in [6, 6.07) is 6.75. The molecule has 2 fully saturated rings. The summed E-state index contributed by atoms with van der Waals surface area (Å²) in [6.07, 6.45) is 5.34. The van der Waals surface area contributed by atoms with E-state index in [9.17, 15) is 14.4 Å². The van der Waals surface area contributed by atoms with Crippen molar-refractivity contribution >= 4 is 17.8 Å². The molecule has 5 rings (SSSR count). The van der Waals surface area contributed by atoms with Crippen LogP contribution in [0.2, 0.25) is 0 Å². The lowest BCUT2D eigenvalue weighted by molar-refractivity contribution is 0.0151. The van der Waals surface area contributed by atoms with E-state index in [1.807, 2.05) is 23.4 Å². The van der Waals surface area contributed by atoms with Crippen LogP contribution in [0.15, 0.2) is 24.3 Å². The molecule has 3 aliphatic heterocycles. The number of hydrogen-bond donors (Lipinski definition) is 1. The average Bonchev–Trinajstić information content (AvgIpc) is 3.24. The molecule has 0 unspecified atom stereocenters. The molecule has 1 aromatic heterocycles. The zero-order chi connectivity index (χ0) is 28.3. The van der Waals surface area contributed by atoms with Crippen LogP contribution in [0.1, 0.15) is 88.9 Å². The molecule has 1 N–H and O–H groups in total. The maximum atomic E-state index is 13.1. The molecule has 0 radical (unpaired) electrons. The second kappa shape index (κ2) is 12.1. The summed E-state index contributed by atoms with van der Waals surface area (Å²) in [5, 5.41) is 7.97. The van der Waals surface area contributed by atoms with Crippen molar-refractivity contribution in [2.45, 2.75) is 65.8 Å². The molecular weight excluding hydrogens is 508 g/mol. The van der Waals surface area contributed by atoms with Crippen LogP contribution in [-0.4, -0.2) is 71.9 Å². The highest BCUT2D eigenvalue weighted by Crippen LogP contribution is 2.37. The Morgan fingerprint density at radius 3 is 2.50 bits per heavy atom. The Morgan fingerprint density at radius 1 is 1.15 bits per heavy atom. The number of likely N-dealkylation sites (tertiary alicyclic amines) is 1. The standard InChI is InChI=1S/C31H42N4O5/c1-4-25-27-26(17-31(20-32-28(27)36)11-15-39-16-12-31)35(33-25)18-22(3)19-40-30(38)24-7-5-23(6-8-24)29(37)34-13-9-21(2)10-14-34/h5-8,21-22H,4,9-20H2,1-3H3,(H,32,36)/t22-/m1/s1. The van der Waals surface area contributed by atoms with Crippen LogP contribution < -0.4 is 5.32 Å². The first-order valence-corrected chi connectivity index (χ1v) is 14.8. The number of aryl methyl sites for hydroxylation is 1. The third-order valence-electron chi connectivity index (χ3n) is 8.83. The lowest BCUT2D eigenvalue weighted by atomic mass is 9.76. The van der Waals surface area contributed by atoms with Gasteiger partial charge in [0.05, 0.1) is 29.1 Å². The van der Waals surface area contributed by atoms with Crippen molar-refractivity contribution < 1.29 is 23.9 Å². The Morgan fingerprint density at radius 2 is 1.82 bits per heavy atom. The number of esters is 1. The van der Waals surface area contributed by atoms with Gasteiger partial charge in [0.2, 0.25) is 0 Å². The van der Waals surface area contributed by atoms with Gasteiger partial charge in [-0.05, 0) is 74.1 Å². The number of carbonyl (C=O) groups is 3. The first-order valence-electron chi connectivity index (χ1n) is 14.8. The van der Waals surface area contributed by atoms with Gasteiger partial charge < -0.3 is 19.7 Å². The zero-order valence-corrected chi connectivity index (χ0v) is 24.0. The number of carbonyl (C=O) groups excluding carboxylic acids is 3. The minimum absolute atomic E-state index is 0.00282. The van der Waals surface area contributed by atoms with Gasteiger partial charge in [0.25, 0.3) is 11.8 Å². The van der Waals surface area contributed by atoms with Crippen molar-refractivity contribution in [3.63, 3.8) is 0 Å². The van der Waals surface area contributed by atoms with E-state index in [-0.39, 0.29) is 29.8 Å². The van der Waals surface area contributed by atoms with Crippen LogP contribution in [0.25, 0.3) is 0 Å². The molecule has 2 saturated heterocycles. The summed E-state index contributed by atoms with van der Waals surface area (Å²) >= 11 is 0. The van der Waals surface area contributed by atoms with Gasteiger partial charge in [-0.15, -0.1) is 0 Å². The van der Waals surface area contributed by atoms with Crippen LogP contribution in [0.5, 0.6) is 0 Å². The first-order chi connectivity index (χ1) is 19.3. The van der Waals surface area contributed by atoms with Crippen LogP contribution in [0, 0.1) is 17.3 Å². The van der Waals surface area contributed by atoms with Gasteiger partial charge in [0.1, 0.15) is 0 Å². The monoisotopic (exact) mass is 550 g/mol. The summed E-state index contributed by atoms with van der Waals surface area (Å²) in [5.41, 5.74) is 3.51. The fourth-order valence-corrected chi connectivity index (χ4v) is 6.12. The molecule has 9 heteroatoms. The number of nitrogens with one attached hydrogen (secondary N) is 1. The van der Waals surface area contributed by atoms with Gasteiger partial charge in [0.15, 0.2) is 0 Å². The maximum Gasteiger partial charge on any atom is 0.338 e. The number of ether oxygens (including phenoxy) is 2. The van der Waals surface area contributed by atoms with Crippen LogP contribution in [-0.2, 0) is 28.9 Å². The van der Waals surface area contributed by atoms with E-state index in [0.29, 0.717) is 55.3 Å². The lowest BCUT2D eigenvalue weighted by Gasteiger charge is -2.36. The van der Waals surface area contributed by atoms with Gasteiger partial charge >= 0.3 is 5.97 Å². The number of benzene rings is 1. The summed E-state index contributed by atoms with van der Waals surface area (Å²) < 4.78 is 13.2. The molecule has 40 heavy (non-hydrogen) atoms. The molecule has 1 atom stereocenters. The number of aromatic nitrogens is 2. The fraction of sp³-hybridized carbons (Fsp3) is 0.613.